The SMILES string of the molecule is COCc1cc(COc2ccc([C@H](C)N)cc2F)no1. The molecule has 0 spiro atoms. The van der Waals surface area contributed by atoms with Crippen molar-refractivity contribution in [2.45, 2.75) is 26.2 Å². The first-order valence-corrected chi connectivity index (χ1v) is 6.21. The predicted molar refractivity (Wildman–Crippen MR) is 70.6 cm³/mol. The fourth-order valence-electron chi connectivity index (χ4n) is 1.70. The molecule has 0 amide bonds. The number of halogens is 1. The third-order valence-electron chi connectivity index (χ3n) is 2.75. The Morgan fingerprint density at radius 1 is 1.35 bits per heavy atom. The quantitative estimate of drug-likeness (QED) is 0.880. The highest BCUT2D eigenvalue weighted by molar-refractivity contribution is 5.30. The van der Waals surface area contributed by atoms with Crippen LogP contribution in [-0.4, -0.2) is 12.3 Å². The van der Waals surface area contributed by atoms with Gasteiger partial charge in [0.25, 0.3) is 0 Å². The molecule has 0 fully saturated rings. The van der Waals surface area contributed by atoms with Crippen molar-refractivity contribution in [1.29, 1.82) is 0 Å². The summed E-state index contributed by atoms with van der Waals surface area (Å²) in [7, 11) is 1.56. The van der Waals surface area contributed by atoms with Gasteiger partial charge in [0.15, 0.2) is 17.3 Å². The Hall–Kier alpha value is -1.92. The minimum absolute atomic E-state index is 0.127. The molecule has 0 bridgehead atoms. The second-order valence-electron chi connectivity index (χ2n) is 4.48. The second-order valence-corrected chi connectivity index (χ2v) is 4.48. The van der Waals surface area contributed by atoms with Gasteiger partial charge < -0.3 is 19.7 Å². The summed E-state index contributed by atoms with van der Waals surface area (Å²) in [5.41, 5.74) is 6.98. The Kier molecular flexibility index (Phi) is 4.70. The van der Waals surface area contributed by atoms with E-state index in [1.54, 1.807) is 32.2 Å². The smallest absolute Gasteiger partial charge is 0.165 e. The number of hydrogen-bond donors (Lipinski definition) is 1. The second kappa shape index (κ2) is 6.49. The third kappa shape index (κ3) is 3.55. The minimum Gasteiger partial charge on any atom is -0.484 e. The van der Waals surface area contributed by atoms with E-state index in [2.05, 4.69) is 5.16 Å². The monoisotopic (exact) mass is 280 g/mol. The number of benzene rings is 1. The highest BCUT2D eigenvalue weighted by atomic mass is 19.1. The van der Waals surface area contributed by atoms with E-state index in [1.807, 2.05) is 0 Å². The minimum atomic E-state index is -0.444. The zero-order valence-electron chi connectivity index (χ0n) is 11.4. The molecule has 6 heteroatoms. The Labute approximate surface area is 116 Å². The molecule has 108 valence electrons. The van der Waals surface area contributed by atoms with Crippen molar-refractivity contribution in [3.63, 3.8) is 0 Å². The fraction of sp³-hybridized carbons (Fsp3) is 0.357. The Morgan fingerprint density at radius 2 is 2.15 bits per heavy atom. The zero-order valence-corrected chi connectivity index (χ0v) is 11.4. The van der Waals surface area contributed by atoms with Crippen LogP contribution >= 0.6 is 0 Å². The van der Waals surface area contributed by atoms with Gasteiger partial charge in [0.05, 0.1) is 0 Å². The molecule has 2 N–H and O–H groups in total. The number of methoxy groups -OCH3 is 1. The maximum atomic E-state index is 13.8. The molecule has 2 aromatic rings. The Bertz CT molecular complexity index is 569. The van der Waals surface area contributed by atoms with Crippen molar-refractivity contribution in [2.24, 2.45) is 5.73 Å². The maximum absolute atomic E-state index is 13.8. The van der Waals surface area contributed by atoms with Crippen LogP contribution in [0.2, 0.25) is 0 Å². The van der Waals surface area contributed by atoms with Gasteiger partial charge in [0, 0.05) is 19.2 Å². The number of aromatic nitrogens is 1. The molecule has 1 aromatic carbocycles. The number of nitrogens with zero attached hydrogens (tertiary/aromatic N) is 1. The van der Waals surface area contributed by atoms with E-state index in [1.165, 1.54) is 6.07 Å². The van der Waals surface area contributed by atoms with Gasteiger partial charge in [-0.15, -0.1) is 0 Å². The van der Waals surface area contributed by atoms with Gasteiger partial charge in [0.2, 0.25) is 0 Å². The summed E-state index contributed by atoms with van der Waals surface area (Å²) in [6, 6.07) is 6.16. The lowest BCUT2D eigenvalue weighted by Gasteiger charge is -2.09. The van der Waals surface area contributed by atoms with Gasteiger partial charge in [-0.3, -0.25) is 0 Å². The van der Waals surface area contributed by atoms with E-state index in [0.717, 1.165) is 5.56 Å². The molecule has 1 atom stereocenters. The molecule has 0 unspecified atom stereocenters. The number of rotatable bonds is 6. The van der Waals surface area contributed by atoms with Crippen LogP contribution in [0, 0.1) is 5.82 Å². The van der Waals surface area contributed by atoms with Gasteiger partial charge >= 0.3 is 0 Å². The van der Waals surface area contributed by atoms with Crippen molar-refractivity contribution < 1.29 is 18.4 Å². The fourth-order valence-corrected chi connectivity index (χ4v) is 1.70. The summed E-state index contributed by atoms with van der Waals surface area (Å²) >= 11 is 0. The first-order chi connectivity index (χ1) is 9.60. The largest absolute Gasteiger partial charge is 0.484 e. The Morgan fingerprint density at radius 3 is 2.80 bits per heavy atom. The van der Waals surface area contributed by atoms with E-state index < -0.39 is 5.82 Å². The van der Waals surface area contributed by atoms with Gasteiger partial charge in [-0.1, -0.05) is 11.2 Å². The van der Waals surface area contributed by atoms with Crippen LogP contribution < -0.4 is 10.5 Å². The van der Waals surface area contributed by atoms with E-state index >= 15 is 0 Å². The summed E-state index contributed by atoms with van der Waals surface area (Å²) in [6.45, 7) is 2.26. The number of nitrogens with two attached hydrogens (primary N) is 1. The topological polar surface area (TPSA) is 70.5 Å². The highest BCUT2D eigenvalue weighted by Gasteiger charge is 2.09. The molecule has 1 heterocycles. The van der Waals surface area contributed by atoms with Crippen LogP contribution in [0.3, 0.4) is 0 Å². The molecular weight excluding hydrogens is 263 g/mol. The van der Waals surface area contributed by atoms with Gasteiger partial charge in [-0.2, -0.15) is 0 Å². The van der Waals surface area contributed by atoms with Crippen LogP contribution in [-0.2, 0) is 18.0 Å². The summed E-state index contributed by atoms with van der Waals surface area (Å²) < 4.78 is 29.1. The van der Waals surface area contributed by atoms with Gasteiger partial charge in [-0.25, -0.2) is 4.39 Å². The molecule has 2 rings (SSSR count). The van der Waals surface area contributed by atoms with Crippen molar-refractivity contribution in [3.05, 3.63) is 47.1 Å². The molecule has 5 nitrogen and oxygen atoms in total. The lowest BCUT2D eigenvalue weighted by molar-refractivity contribution is 0.155. The standard InChI is InChI=1S/C14H17FN2O3/c1-9(16)10-3-4-14(13(15)5-10)19-7-11-6-12(8-18-2)20-17-11/h3-6,9H,7-8,16H2,1-2H3/t9-/m0/s1. The summed E-state index contributed by atoms with van der Waals surface area (Å²) in [4.78, 5) is 0. The molecule has 0 aliphatic rings. The number of ether oxygens (including phenoxy) is 2. The molecular formula is C14H17FN2O3. The third-order valence-corrected chi connectivity index (χ3v) is 2.75. The van der Waals surface area contributed by atoms with Gasteiger partial charge in [0.1, 0.15) is 18.9 Å². The van der Waals surface area contributed by atoms with Crippen molar-refractivity contribution >= 4 is 0 Å². The molecule has 1 aromatic heterocycles. The van der Waals surface area contributed by atoms with Crippen LogP contribution in [0.15, 0.2) is 28.8 Å². The maximum Gasteiger partial charge on any atom is 0.165 e. The number of hydrogen-bond acceptors (Lipinski definition) is 5. The van der Waals surface area contributed by atoms with Crippen LogP contribution in [0.25, 0.3) is 0 Å². The average Bonchev–Trinajstić information content (AvgIpc) is 2.85. The lowest BCUT2D eigenvalue weighted by Crippen LogP contribution is -2.06. The molecule has 0 aliphatic carbocycles. The lowest BCUT2D eigenvalue weighted by atomic mass is 10.1. The first-order valence-electron chi connectivity index (χ1n) is 6.21. The van der Waals surface area contributed by atoms with Gasteiger partial charge in [-0.05, 0) is 24.6 Å². The van der Waals surface area contributed by atoms with E-state index in [9.17, 15) is 4.39 Å². The van der Waals surface area contributed by atoms with E-state index in [0.29, 0.717) is 18.1 Å². The van der Waals surface area contributed by atoms with Crippen molar-refractivity contribution in [2.75, 3.05) is 7.11 Å². The summed E-state index contributed by atoms with van der Waals surface area (Å²) in [6.07, 6.45) is 0. The van der Waals surface area contributed by atoms with E-state index in [4.69, 9.17) is 19.7 Å². The van der Waals surface area contributed by atoms with Crippen LogP contribution in [0.4, 0.5) is 4.39 Å². The molecule has 0 saturated heterocycles. The van der Waals surface area contributed by atoms with Crippen molar-refractivity contribution in [1.82, 2.24) is 5.16 Å². The molecule has 0 radical (unpaired) electrons. The molecule has 0 saturated carbocycles. The normalized spacial score (nSPS) is 12.4. The first kappa shape index (κ1) is 14.5. The summed E-state index contributed by atoms with van der Waals surface area (Å²) in [5, 5.41) is 3.80. The average molecular weight is 280 g/mol. The predicted octanol–water partition coefficient (Wildman–Crippen LogP) is 2.56. The van der Waals surface area contributed by atoms with Crippen LogP contribution in [0.5, 0.6) is 5.75 Å². The molecule has 20 heavy (non-hydrogen) atoms. The van der Waals surface area contributed by atoms with E-state index in [-0.39, 0.29) is 18.4 Å². The summed E-state index contributed by atoms with van der Waals surface area (Å²) in [5.74, 6) is 0.310. The molecule has 0 aliphatic heterocycles. The highest BCUT2D eigenvalue weighted by Crippen LogP contribution is 2.22. The zero-order chi connectivity index (χ0) is 14.5. The Balaban J connectivity index is 1.99. The van der Waals surface area contributed by atoms with Crippen LogP contribution in [0.1, 0.15) is 30.0 Å². The van der Waals surface area contributed by atoms with Crippen molar-refractivity contribution in [3.8, 4) is 5.75 Å².